The minimum absolute atomic E-state index is 0.0809. The van der Waals surface area contributed by atoms with Gasteiger partial charge < -0.3 is 18.9 Å². The van der Waals surface area contributed by atoms with Crippen molar-refractivity contribution < 1.29 is 27.7 Å². The minimum atomic E-state index is -2.94. The third-order valence-corrected chi connectivity index (χ3v) is 4.75. The maximum absolute atomic E-state index is 13.7. The van der Waals surface area contributed by atoms with E-state index in [1.807, 2.05) is 13.8 Å². The summed E-state index contributed by atoms with van der Waals surface area (Å²) < 4.78 is 49.2. The lowest BCUT2D eigenvalue weighted by Crippen LogP contribution is -2.55. The lowest BCUT2D eigenvalue weighted by Gasteiger charge is -2.42. The quantitative estimate of drug-likeness (QED) is 0.460. The van der Waals surface area contributed by atoms with E-state index in [0.717, 1.165) is 25.9 Å². The summed E-state index contributed by atoms with van der Waals surface area (Å²) in [6.45, 7) is 9.34. The number of alkyl halides is 2. The van der Waals surface area contributed by atoms with E-state index >= 15 is 0 Å². The molecule has 1 aliphatic carbocycles. The van der Waals surface area contributed by atoms with E-state index in [1.54, 1.807) is 0 Å². The van der Waals surface area contributed by atoms with Crippen LogP contribution in [0.4, 0.5) is 8.78 Å². The largest absolute Gasteiger partial charge is 0.378 e. The number of hydrogen-bond acceptors (Lipinski definition) is 5. The van der Waals surface area contributed by atoms with Gasteiger partial charge in [-0.3, -0.25) is 4.90 Å². The SMILES string of the molecule is CC(C)OC1CC(OCCCOCC(F)(F)COC2CN(C(C)C)C2)C1. The average Bonchev–Trinajstić information content (AvgIpc) is 2.45. The van der Waals surface area contributed by atoms with Crippen LogP contribution in [-0.2, 0) is 18.9 Å². The van der Waals surface area contributed by atoms with Crippen LogP contribution < -0.4 is 0 Å². The highest BCUT2D eigenvalue weighted by molar-refractivity contribution is 4.84. The summed E-state index contributed by atoms with van der Waals surface area (Å²) in [7, 11) is 0. The lowest BCUT2D eigenvalue weighted by molar-refractivity contribution is -0.162. The summed E-state index contributed by atoms with van der Waals surface area (Å²) in [5.41, 5.74) is 0. The van der Waals surface area contributed by atoms with Crippen molar-refractivity contribution in [2.45, 2.75) is 83.3 Å². The first-order valence-electron chi connectivity index (χ1n) is 9.83. The van der Waals surface area contributed by atoms with Crippen LogP contribution in [-0.4, -0.2) is 80.8 Å². The van der Waals surface area contributed by atoms with Crippen LogP contribution in [0.5, 0.6) is 0 Å². The van der Waals surface area contributed by atoms with Gasteiger partial charge in [-0.05, 0) is 47.0 Å². The molecule has 0 amide bonds. The molecule has 0 aromatic carbocycles. The topological polar surface area (TPSA) is 40.2 Å². The molecule has 2 fully saturated rings. The van der Waals surface area contributed by atoms with Crippen LogP contribution in [0.3, 0.4) is 0 Å². The number of ether oxygens (including phenoxy) is 4. The summed E-state index contributed by atoms with van der Waals surface area (Å²) >= 11 is 0. The third kappa shape index (κ3) is 7.72. The second-order valence-electron chi connectivity index (χ2n) is 8.01. The molecule has 0 aromatic heterocycles. The molecule has 2 rings (SSSR count). The van der Waals surface area contributed by atoms with Gasteiger partial charge in [0.15, 0.2) is 0 Å². The third-order valence-electron chi connectivity index (χ3n) is 4.75. The lowest BCUT2D eigenvalue weighted by atomic mass is 9.92. The van der Waals surface area contributed by atoms with Gasteiger partial charge in [-0.15, -0.1) is 0 Å². The summed E-state index contributed by atoms with van der Waals surface area (Å²) in [5.74, 6) is -2.94. The van der Waals surface area contributed by atoms with E-state index in [4.69, 9.17) is 18.9 Å². The Labute approximate surface area is 156 Å². The molecule has 0 bridgehead atoms. The summed E-state index contributed by atoms with van der Waals surface area (Å²) in [4.78, 5) is 2.19. The molecule has 0 aromatic rings. The molecule has 1 saturated heterocycles. The standard InChI is InChI=1S/C19H35F2NO4/c1-14(2)22-10-18(11-22)25-13-19(20,21)12-23-6-5-7-24-16-8-17(9-16)26-15(3)4/h14-18H,5-13H2,1-4H3. The van der Waals surface area contributed by atoms with Crippen molar-refractivity contribution in [3.63, 3.8) is 0 Å². The molecule has 0 unspecified atom stereocenters. The first-order valence-corrected chi connectivity index (χ1v) is 9.83. The van der Waals surface area contributed by atoms with Gasteiger partial charge in [-0.2, -0.15) is 0 Å². The predicted octanol–water partition coefficient (Wildman–Crippen LogP) is 3.11. The van der Waals surface area contributed by atoms with Gasteiger partial charge in [0.2, 0.25) is 0 Å². The maximum Gasteiger partial charge on any atom is 0.293 e. The van der Waals surface area contributed by atoms with Crippen molar-refractivity contribution >= 4 is 0 Å². The Balaban J connectivity index is 1.41. The van der Waals surface area contributed by atoms with Gasteiger partial charge >= 0.3 is 0 Å². The normalized spacial score (nSPS) is 24.9. The van der Waals surface area contributed by atoms with E-state index in [9.17, 15) is 8.78 Å². The van der Waals surface area contributed by atoms with Crippen molar-refractivity contribution in [2.75, 3.05) is 39.5 Å². The van der Waals surface area contributed by atoms with Crippen molar-refractivity contribution in [3.8, 4) is 0 Å². The Morgan fingerprint density at radius 1 is 0.923 bits per heavy atom. The summed E-state index contributed by atoms with van der Waals surface area (Å²) in [6.07, 6.45) is 3.17. The Hall–Kier alpha value is -0.340. The smallest absolute Gasteiger partial charge is 0.293 e. The highest BCUT2D eigenvalue weighted by Gasteiger charge is 2.35. The highest BCUT2D eigenvalue weighted by Crippen LogP contribution is 2.27. The van der Waals surface area contributed by atoms with Crippen LogP contribution in [0.15, 0.2) is 0 Å². The van der Waals surface area contributed by atoms with Crippen molar-refractivity contribution in [2.24, 2.45) is 0 Å². The molecule has 1 heterocycles. The van der Waals surface area contributed by atoms with Crippen LogP contribution in [0.2, 0.25) is 0 Å². The molecule has 1 saturated carbocycles. The van der Waals surface area contributed by atoms with Crippen molar-refractivity contribution in [1.82, 2.24) is 4.90 Å². The predicted molar refractivity (Wildman–Crippen MR) is 95.8 cm³/mol. The van der Waals surface area contributed by atoms with Crippen molar-refractivity contribution in [1.29, 1.82) is 0 Å². The molecular formula is C19H35F2NO4. The zero-order valence-electron chi connectivity index (χ0n) is 16.6. The summed E-state index contributed by atoms with van der Waals surface area (Å²) in [5, 5.41) is 0. The molecular weight excluding hydrogens is 344 g/mol. The molecule has 7 heteroatoms. The molecule has 2 aliphatic rings. The first kappa shape index (κ1) is 22.0. The Kier molecular flexibility index (Phi) is 8.67. The molecule has 0 N–H and O–H groups in total. The van der Waals surface area contributed by atoms with Crippen LogP contribution >= 0.6 is 0 Å². The van der Waals surface area contributed by atoms with E-state index in [0.29, 0.717) is 25.2 Å². The van der Waals surface area contributed by atoms with E-state index in [2.05, 4.69) is 18.7 Å². The van der Waals surface area contributed by atoms with Crippen LogP contribution in [0.25, 0.3) is 0 Å². The fourth-order valence-electron chi connectivity index (χ4n) is 3.06. The van der Waals surface area contributed by atoms with E-state index < -0.39 is 19.1 Å². The zero-order chi connectivity index (χ0) is 19.2. The second-order valence-corrected chi connectivity index (χ2v) is 8.01. The monoisotopic (exact) mass is 379 g/mol. The minimum Gasteiger partial charge on any atom is -0.378 e. The zero-order valence-corrected chi connectivity index (χ0v) is 16.6. The van der Waals surface area contributed by atoms with Crippen molar-refractivity contribution in [3.05, 3.63) is 0 Å². The number of rotatable bonds is 13. The number of nitrogens with zero attached hydrogens (tertiary/aromatic N) is 1. The van der Waals surface area contributed by atoms with Crippen LogP contribution in [0.1, 0.15) is 47.0 Å². The van der Waals surface area contributed by atoms with E-state index in [1.165, 1.54) is 0 Å². The second kappa shape index (κ2) is 10.3. The molecule has 0 radical (unpaired) electrons. The number of halogens is 2. The fourth-order valence-corrected chi connectivity index (χ4v) is 3.06. The molecule has 5 nitrogen and oxygen atoms in total. The molecule has 26 heavy (non-hydrogen) atoms. The van der Waals surface area contributed by atoms with Gasteiger partial charge in [0.05, 0.1) is 24.4 Å². The van der Waals surface area contributed by atoms with Gasteiger partial charge in [0.1, 0.15) is 13.2 Å². The Morgan fingerprint density at radius 3 is 2.23 bits per heavy atom. The molecule has 0 spiro atoms. The maximum atomic E-state index is 13.7. The fraction of sp³-hybridized carbons (Fsp3) is 1.00. The first-order chi connectivity index (χ1) is 12.2. The summed E-state index contributed by atoms with van der Waals surface area (Å²) in [6, 6.07) is 0.439. The molecule has 154 valence electrons. The highest BCUT2D eigenvalue weighted by atomic mass is 19.3. The van der Waals surface area contributed by atoms with Gasteiger partial charge in [-0.1, -0.05) is 0 Å². The van der Waals surface area contributed by atoms with Gasteiger partial charge in [0, 0.05) is 32.3 Å². The number of likely N-dealkylation sites (tertiary alicyclic amines) is 1. The van der Waals surface area contributed by atoms with Gasteiger partial charge in [0.25, 0.3) is 5.92 Å². The van der Waals surface area contributed by atoms with Gasteiger partial charge in [-0.25, -0.2) is 8.78 Å². The molecule has 1 aliphatic heterocycles. The van der Waals surface area contributed by atoms with E-state index in [-0.39, 0.29) is 24.9 Å². The molecule has 0 atom stereocenters. The van der Waals surface area contributed by atoms with Crippen LogP contribution in [0, 0.1) is 0 Å². The number of hydrogen-bond donors (Lipinski definition) is 0. The average molecular weight is 379 g/mol. The Morgan fingerprint density at radius 2 is 1.62 bits per heavy atom. The Bertz CT molecular complexity index is 397.